The van der Waals surface area contributed by atoms with Crippen LogP contribution in [0.5, 0.6) is 0 Å². The molecule has 0 unspecified atom stereocenters. The summed E-state index contributed by atoms with van der Waals surface area (Å²) in [5.41, 5.74) is 1.16. The fourth-order valence-electron chi connectivity index (χ4n) is 2.12. The second-order valence-corrected chi connectivity index (χ2v) is 7.19. The van der Waals surface area contributed by atoms with Gasteiger partial charge in [0.05, 0.1) is 11.6 Å². The Balaban J connectivity index is 2.07. The zero-order valence-corrected chi connectivity index (χ0v) is 13.9. The molecule has 114 valence electrons. The van der Waals surface area contributed by atoms with Crippen molar-refractivity contribution in [1.29, 1.82) is 0 Å². The van der Waals surface area contributed by atoms with Crippen molar-refractivity contribution >= 4 is 17.4 Å². The molecule has 0 saturated heterocycles. The molecule has 1 heterocycles. The highest BCUT2D eigenvalue weighted by atomic mass is 35.5. The van der Waals surface area contributed by atoms with Crippen LogP contribution in [-0.4, -0.2) is 23.6 Å². The van der Waals surface area contributed by atoms with Crippen molar-refractivity contribution in [3.63, 3.8) is 0 Å². The van der Waals surface area contributed by atoms with Crippen molar-refractivity contribution in [3.05, 3.63) is 22.8 Å². The van der Waals surface area contributed by atoms with Gasteiger partial charge in [0.25, 0.3) is 0 Å². The number of hydrogen-bond acceptors (Lipinski definition) is 3. The van der Waals surface area contributed by atoms with E-state index in [1.165, 1.54) is 12.8 Å². The van der Waals surface area contributed by atoms with E-state index in [1.54, 1.807) is 0 Å². The van der Waals surface area contributed by atoms with Gasteiger partial charge in [-0.2, -0.15) is 0 Å². The van der Waals surface area contributed by atoms with Crippen molar-refractivity contribution in [2.75, 3.05) is 18.0 Å². The number of aromatic nitrogens is 1. The number of halogens is 1. The first-order valence-corrected chi connectivity index (χ1v) is 7.84. The average molecular weight is 306 g/mol. The van der Waals surface area contributed by atoms with Crippen molar-refractivity contribution in [2.45, 2.75) is 45.7 Å². The molecule has 0 radical (unpaired) electrons. The number of hydrogen-bond donors (Lipinski definition) is 1. The second-order valence-electron chi connectivity index (χ2n) is 6.78. The fourth-order valence-corrected chi connectivity index (χ4v) is 2.42. The van der Waals surface area contributed by atoms with E-state index < -0.39 is 0 Å². The van der Waals surface area contributed by atoms with Crippen molar-refractivity contribution in [3.8, 4) is 12.3 Å². The normalized spacial score (nSPS) is 14.8. The molecule has 0 atom stereocenters. The maximum absolute atomic E-state index is 6.41. The van der Waals surface area contributed by atoms with Crippen LogP contribution in [0.25, 0.3) is 0 Å². The summed E-state index contributed by atoms with van der Waals surface area (Å²) in [6, 6.07) is 1.99. The summed E-state index contributed by atoms with van der Waals surface area (Å²) in [4.78, 5) is 6.65. The van der Waals surface area contributed by atoms with Gasteiger partial charge in [-0.3, -0.25) is 0 Å². The number of rotatable bonds is 6. The zero-order chi connectivity index (χ0) is 15.5. The molecule has 21 heavy (non-hydrogen) atoms. The van der Waals surface area contributed by atoms with Gasteiger partial charge in [0.2, 0.25) is 0 Å². The highest BCUT2D eigenvalue weighted by Crippen LogP contribution is 2.33. The first kappa shape index (κ1) is 16.1. The number of terminal acetylenes is 1. The number of nitrogens with zero attached hydrogens (tertiary/aromatic N) is 2. The Kier molecular flexibility index (Phi) is 5.13. The van der Waals surface area contributed by atoms with E-state index in [1.807, 2.05) is 12.3 Å². The van der Waals surface area contributed by atoms with E-state index in [4.69, 9.17) is 18.0 Å². The molecule has 1 aromatic heterocycles. The third-order valence-corrected chi connectivity index (χ3v) is 3.74. The fraction of sp³-hybridized carbons (Fsp3) is 0.588. The third-order valence-electron chi connectivity index (χ3n) is 3.46. The molecule has 1 fully saturated rings. The summed E-state index contributed by atoms with van der Waals surface area (Å²) >= 11 is 6.41. The molecule has 3 nitrogen and oxygen atoms in total. The molecule has 1 N–H and O–H groups in total. The molecule has 0 amide bonds. The molecule has 1 aromatic rings. The summed E-state index contributed by atoms with van der Waals surface area (Å²) in [6.07, 6.45) is 9.92. The van der Waals surface area contributed by atoms with Gasteiger partial charge >= 0.3 is 0 Å². The Morgan fingerprint density at radius 2 is 2.19 bits per heavy atom. The van der Waals surface area contributed by atoms with Crippen LogP contribution in [0.15, 0.2) is 12.3 Å². The second kappa shape index (κ2) is 6.68. The Bertz CT molecular complexity index is 524. The lowest BCUT2D eigenvalue weighted by Crippen LogP contribution is -2.35. The maximum Gasteiger partial charge on any atom is 0.148 e. The largest absolute Gasteiger partial charge is 0.344 e. The van der Waals surface area contributed by atoms with Crippen LogP contribution in [0.2, 0.25) is 5.02 Å². The quantitative estimate of drug-likeness (QED) is 0.816. The Morgan fingerprint density at radius 1 is 1.48 bits per heavy atom. The van der Waals surface area contributed by atoms with Crippen LogP contribution >= 0.6 is 11.6 Å². The summed E-state index contributed by atoms with van der Waals surface area (Å²) in [7, 11) is 0. The first-order chi connectivity index (χ1) is 9.89. The minimum atomic E-state index is 0.0760. The standard InChI is InChI=1S/C17H24ClN3/c1-5-8-21(12-13-6-7-13)16-15(18)9-14(10-19-16)11-20-17(2,3)4/h1,9-10,13,20H,6-8,11-12H2,2-4H3. The van der Waals surface area contributed by atoms with Crippen LogP contribution in [0.1, 0.15) is 39.2 Å². The van der Waals surface area contributed by atoms with E-state index in [-0.39, 0.29) is 5.54 Å². The van der Waals surface area contributed by atoms with Gasteiger partial charge in [0.15, 0.2) is 0 Å². The van der Waals surface area contributed by atoms with E-state index in [0.717, 1.165) is 30.4 Å². The molecule has 0 aromatic carbocycles. The number of nitrogens with one attached hydrogen (secondary N) is 1. The molecule has 0 aliphatic heterocycles. The highest BCUT2D eigenvalue weighted by Gasteiger charge is 2.25. The zero-order valence-electron chi connectivity index (χ0n) is 13.1. The molecule has 1 saturated carbocycles. The smallest absolute Gasteiger partial charge is 0.148 e. The number of anilines is 1. The summed E-state index contributed by atoms with van der Waals surface area (Å²) < 4.78 is 0. The molecule has 4 heteroatoms. The molecular weight excluding hydrogens is 282 g/mol. The Labute approximate surface area is 133 Å². The lowest BCUT2D eigenvalue weighted by molar-refractivity contribution is 0.424. The van der Waals surface area contributed by atoms with Crippen LogP contribution in [0, 0.1) is 18.3 Å². The highest BCUT2D eigenvalue weighted by molar-refractivity contribution is 6.33. The monoisotopic (exact) mass is 305 g/mol. The lowest BCUT2D eigenvalue weighted by atomic mass is 10.1. The van der Waals surface area contributed by atoms with Crippen LogP contribution < -0.4 is 10.2 Å². The Hall–Kier alpha value is -1.24. The van der Waals surface area contributed by atoms with Gasteiger partial charge in [-0.05, 0) is 51.2 Å². The van der Waals surface area contributed by atoms with Crippen LogP contribution in [0.3, 0.4) is 0 Å². The molecule has 1 aliphatic carbocycles. The lowest BCUT2D eigenvalue weighted by Gasteiger charge is -2.23. The van der Waals surface area contributed by atoms with E-state index in [9.17, 15) is 0 Å². The van der Waals surface area contributed by atoms with Gasteiger partial charge in [-0.15, -0.1) is 6.42 Å². The summed E-state index contributed by atoms with van der Waals surface area (Å²) in [5, 5.41) is 4.12. The van der Waals surface area contributed by atoms with Crippen molar-refractivity contribution < 1.29 is 0 Å². The SMILES string of the molecule is C#CCN(CC1CC1)c1ncc(CNC(C)(C)C)cc1Cl. The molecule has 2 rings (SSSR count). The Morgan fingerprint density at radius 3 is 2.71 bits per heavy atom. The van der Waals surface area contributed by atoms with E-state index in [0.29, 0.717) is 11.6 Å². The van der Waals surface area contributed by atoms with Crippen LogP contribution in [0.4, 0.5) is 5.82 Å². The maximum atomic E-state index is 6.41. The van der Waals surface area contributed by atoms with Crippen LogP contribution in [-0.2, 0) is 6.54 Å². The van der Waals surface area contributed by atoms with Gasteiger partial charge in [0.1, 0.15) is 5.82 Å². The van der Waals surface area contributed by atoms with Gasteiger partial charge in [-0.25, -0.2) is 4.98 Å². The summed E-state index contributed by atoms with van der Waals surface area (Å²) in [6.45, 7) is 8.69. The van der Waals surface area contributed by atoms with Gasteiger partial charge in [0, 0.05) is 24.8 Å². The van der Waals surface area contributed by atoms with Gasteiger partial charge in [-0.1, -0.05) is 17.5 Å². The minimum absolute atomic E-state index is 0.0760. The third kappa shape index (κ3) is 5.22. The molecule has 0 spiro atoms. The minimum Gasteiger partial charge on any atom is -0.344 e. The average Bonchev–Trinajstić information content (AvgIpc) is 3.19. The molecule has 0 bridgehead atoms. The van der Waals surface area contributed by atoms with E-state index in [2.05, 4.69) is 41.9 Å². The summed E-state index contributed by atoms with van der Waals surface area (Å²) in [5.74, 6) is 4.26. The van der Waals surface area contributed by atoms with E-state index >= 15 is 0 Å². The predicted molar refractivity (Wildman–Crippen MR) is 89.6 cm³/mol. The molecule has 1 aliphatic rings. The van der Waals surface area contributed by atoms with Crippen molar-refractivity contribution in [2.24, 2.45) is 5.92 Å². The topological polar surface area (TPSA) is 28.2 Å². The number of pyridine rings is 1. The predicted octanol–water partition coefficient (Wildman–Crippen LogP) is 3.47. The first-order valence-electron chi connectivity index (χ1n) is 7.47. The van der Waals surface area contributed by atoms with Gasteiger partial charge < -0.3 is 10.2 Å². The molecular formula is C17H24ClN3. The van der Waals surface area contributed by atoms with Crippen molar-refractivity contribution in [1.82, 2.24) is 10.3 Å².